The average Bonchev–Trinajstić information content (AvgIpc) is 2.58. The van der Waals surface area contributed by atoms with Crippen molar-refractivity contribution in [2.75, 3.05) is 10.6 Å². The van der Waals surface area contributed by atoms with E-state index in [1.54, 1.807) is 0 Å². The van der Waals surface area contributed by atoms with Gasteiger partial charge in [0.25, 0.3) is 0 Å². The molecule has 140 valence electrons. The van der Waals surface area contributed by atoms with Crippen LogP contribution in [0.3, 0.4) is 0 Å². The number of nitrogens with zero attached hydrogens (tertiary/aromatic N) is 2. The summed E-state index contributed by atoms with van der Waals surface area (Å²) in [6.45, 7) is 0. The fraction of sp³-hybridized carbons (Fsp3) is 0.412. The van der Waals surface area contributed by atoms with Crippen LogP contribution in [0.4, 0.5) is 39.4 Å². The highest BCUT2D eigenvalue weighted by Crippen LogP contribution is 2.31. The van der Waals surface area contributed by atoms with E-state index in [0.29, 0.717) is 0 Å². The van der Waals surface area contributed by atoms with Crippen molar-refractivity contribution in [2.24, 2.45) is 0 Å². The van der Waals surface area contributed by atoms with Gasteiger partial charge in [-0.3, -0.25) is 0 Å². The van der Waals surface area contributed by atoms with Crippen molar-refractivity contribution in [1.82, 2.24) is 9.97 Å². The lowest BCUT2D eigenvalue weighted by Crippen LogP contribution is -2.24. The molecule has 1 aliphatic rings. The Balaban J connectivity index is 1.87. The molecule has 3 rings (SSSR count). The number of aromatic nitrogens is 2. The summed E-state index contributed by atoms with van der Waals surface area (Å²) in [6.07, 6.45) is 0.116. The second-order valence-electron chi connectivity index (χ2n) is 6.19. The molecule has 1 saturated carbocycles. The van der Waals surface area contributed by atoms with Crippen LogP contribution < -0.4 is 10.6 Å². The Hall–Kier alpha value is -2.45. The standard InChI is InChI=1S/C17H17F5N4/c18-12-7-6-11(8-13(12)19)23-15-9-14(17(20,21)22)25-16(26-15)24-10-4-2-1-3-5-10/h6-10H,1-5H2,(H2,23,24,25,26). The fourth-order valence-corrected chi connectivity index (χ4v) is 2.87. The molecule has 0 bridgehead atoms. The molecule has 0 unspecified atom stereocenters. The summed E-state index contributed by atoms with van der Waals surface area (Å²) in [4.78, 5) is 7.59. The maximum absolute atomic E-state index is 13.3. The summed E-state index contributed by atoms with van der Waals surface area (Å²) in [5.74, 6) is -2.46. The molecule has 4 nitrogen and oxygen atoms in total. The molecule has 2 N–H and O–H groups in total. The van der Waals surface area contributed by atoms with E-state index in [2.05, 4.69) is 20.6 Å². The minimum atomic E-state index is -4.66. The van der Waals surface area contributed by atoms with Crippen molar-refractivity contribution in [3.05, 3.63) is 41.6 Å². The Morgan fingerprint density at radius 3 is 2.31 bits per heavy atom. The maximum atomic E-state index is 13.3. The second-order valence-corrected chi connectivity index (χ2v) is 6.19. The molecule has 9 heteroatoms. The van der Waals surface area contributed by atoms with Crippen LogP contribution in [0.2, 0.25) is 0 Å². The quantitative estimate of drug-likeness (QED) is 0.719. The molecule has 1 aromatic heterocycles. The van der Waals surface area contributed by atoms with Crippen LogP contribution >= 0.6 is 0 Å². The first-order chi connectivity index (χ1) is 12.3. The van der Waals surface area contributed by atoms with Crippen LogP contribution in [0.5, 0.6) is 0 Å². The Morgan fingerprint density at radius 2 is 1.65 bits per heavy atom. The molecule has 0 spiro atoms. The lowest BCUT2D eigenvalue weighted by molar-refractivity contribution is -0.141. The lowest BCUT2D eigenvalue weighted by atomic mass is 9.96. The Labute approximate surface area is 146 Å². The highest BCUT2D eigenvalue weighted by Gasteiger charge is 2.34. The van der Waals surface area contributed by atoms with Crippen molar-refractivity contribution < 1.29 is 22.0 Å². The van der Waals surface area contributed by atoms with Gasteiger partial charge in [0.1, 0.15) is 5.82 Å². The number of benzene rings is 1. The number of hydrogen-bond acceptors (Lipinski definition) is 4. The van der Waals surface area contributed by atoms with Gasteiger partial charge in [-0.1, -0.05) is 19.3 Å². The van der Waals surface area contributed by atoms with Crippen LogP contribution in [0.1, 0.15) is 37.8 Å². The third kappa shape index (κ3) is 4.59. The van der Waals surface area contributed by atoms with E-state index < -0.39 is 23.5 Å². The minimum Gasteiger partial charge on any atom is -0.351 e. The summed E-state index contributed by atoms with van der Waals surface area (Å²) in [7, 11) is 0. The maximum Gasteiger partial charge on any atom is 0.433 e. The molecule has 1 heterocycles. The zero-order valence-corrected chi connectivity index (χ0v) is 13.7. The van der Waals surface area contributed by atoms with Crippen LogP contribution in [0.15, 0.2) is 24.3 Å². The van der Waals surface area contributed by atoms with E-state index in [1.165, 1.54) is 6.07 Å². The topological polar surface area (TPSA) is 49.8 Å². The van der Waals surface area contributed by atoms with Crippen molar-refractivity contribution in [2.45, 2.75) is 44.3 Å². The van der Waals surface area contributed by atoms with Gasteiger partial charge in [-0.05, 0) is 25.0 Å². The Bertz CT molecular complexity index is 772. The number of rotatable bonds is 4. The summed E-state index contributed by atoms with van der Waals surface area (Å²) >= 11 is 0. The lowest BCUT2D eigenvalue weighted by Gasteiger charge is -2.23. The molecule has 1 fully saturated rings. The largest absolute Gasteiger partial charge is 0.433 e. The molecule has 0 saturated heterocycles. The number of nitrogens with one attached hydrogen (secondary N) is 2. The van der Waals surface area contributed by atoms with Crippen molar-refractivity contribution in [1.29, 1.82) is 0 Å². The van der Waals surface area contributed by atoms with Gasteiger partial charge in [0.15, 0.2) is 17.3 Å². The highest BCUT2D eigenvalue weighted by molar-refractivity contribution is 5.58. The average molecular weight is 372 g/mol. The van der Waals surface area contributed by atoms with Gasteiger partial charge < -0.3 is 10.6 Å². The number of hydrogen-bond donors (Lipinski definition) is 2. The van der Waals surface area contributed by atoms with Crippen molar-refractivity contribution in [3.63, 3.8) is 0 Å². The summed E-state index contributed by atoms with van der Waals surface area (Å²) in [5, 5.41) is 5.51. The number of halogens is 5. The van der Waals surface area contributed by atoms with Gasteiger partial charge in [0, 0.05) is 23.9 Å². The second kappa shape index (κ2) is 7.43. The van der Waals surface area contributed by atoms with Crippen molar-refractivity contribution in [3.8, 4) is 0 Å². The molecule has 2 aromatic rings. The van der Waals surface area contributed by atoms with Crippen LogP contribution in [-0.2, 0) is 6.18 Å². The number of alkyl halides is 3. The summed E-state index contributed by atoms with van der Waals surface area (Å²) in [6, 6.07) is 3.68. The monoisotopic (exact) mass is 372 g/mol. The molecular formula is C17H17F5N4. The zero-order valence-electron chi connectivity index (χ0n) is 13.7. The molecule has 26 heavy (non-hydrogen) atoms. The Kier molecular flexibility index (Phi) is 5.24. The molecule has 0 aliphatic heterocycles. The first kappa shape index (κ1) is 18.3. The van der Waals surface area contributed by atoms with E-state index >= 15 is 0 Å². The smallest absolute Gasteiger partial charge is 0.351 e. The van der Waals surface area contributed by atoms with Gasteiger partial charge in [-0.2, -0.15) is 18.2 Å². The van der Waals surface area contributed by atoms with Crippen LogP contribution in [0.25, 0.3) is 0 Å². The van der Waals surface area contributed by atoms with E-state index in [1.807, 2.05) is 0 Å². The van der Waals surface area contributed by atoms with Gasteiger partial charge in [-0.25, -0.2) is 13.8 Å². The van der Waals surface area contributed by atoms with Gasteiger partial charge in [0.05, 0.1) is 0 Å². The normalized spacial score (nSPS) is 15.7. The van der Waals surface area contributed by atoms with Crippen LogP contribution in [-0.4, -0.2) is 16.0 Å². The van der Waals surface area contributed by atoms with E-state index in [9.17, 15) is 22.0 Å². The number of anilines is 3. The fourth-order valence-electron chi connectivity index (χ4n) is 2.87. The molecule has 1 aromatic carbocycles. The predicted molar refractivity (Wildman–Crippen MR) is 87.2 cm³/mol. The molecule has 0 amide bonds. The molecule has 0 radical (unpaired) electrons. The molecule has 1 aliphatic carbocycles. The third-order valence-corrected chi connectivity index (χ3v) is 4.15. The SMILES string of the molecule is Fc1ccc(Nc2cc(C(F)(F)F)nc(NC3CCCCC3)n2)cc1F. The highest BCUT2D eigenvalue weighted by atomic mass is 19.4. The predicted octanol–water partition coefficient (Wildman–Crippen LogP) is 5.26. The van der Waals surface area contributed by atoms with Gasteiger partial charge >= 0.3 is 6.18 Å². The molecule has 0 atom stereocenters. The Morgan fingerprint density at radius 1 is 0.923 bits per heavy atom. The summed E-state index contributed by atoms with van der Waals surface area (Å²) in [5.41, 5.74) is -1.03. The first-order valence-corrected chi connectivity index (χ1v) is 8.26. The zero-order chi connectivity index (χ0) is 18.7. The first-order valence-electron chi connectivity index (χ1n) is 8.26. The van der Waals surface area contributed by atoms with E-state index in [4.69, 9.17) is 0 Å². The van der Waals surface area contributed by atoms with Gasteiger partial charge in [0.2, 0.25) is 5.95 Å². The van der Waals surface area contributed by atoms with E-state index in [-0.39, 0.29) is 23.5 Å². The third-order valence-electron chi connectivity index (χ3n) is 4.15. The summed E-state index contributed by atoms with van der Waals surface area (Å²) < 4.78 is 65.7. The van der Waals surface area contributed by atoms with E-state index in [0.717, 1.165) is 50.3 Å². The van der Waals surface area contributed by atoms with Gasteiger partial charge in [-0.15, -0.1) is 0 Å². The van der Waals surface area contributed by atoms with Crippen LogP contribution in [0, 0.1) is 11.6 Å². The minimum absolute atomic E-state index is 0.0170. The molecular weight excluding hydrogens is 355 g/mol. The van der Waals surface area contributed by atoms with Crippen molar-refractivity contribution >= 4 is 17.5 Å².